The topological polar surface area (TPSA) is 122 Å². The second kappa shape index (κ2) is 6.79. The van der Waals surface area contributed by atoms with Gasteiger partial charge in [0.2, 0.25) is 9.84 Å². The molecule has 0 unspecified atom stereocenters. The van der Waals surface area contributed by atoms with Gasteiger partial charge in [-0.05, 0) is 37.3 Å². The second-order valence-electron chi connectivity index (χ2n) is 5.68. The number of nitro benzene ring substituents is 1. The lowest BCUT2D eigenvalue weighted by Gasteiger charge is -2.04. The maximum atomic E-state index is 12.8. The van der Waals surface area contributed by atoms with Crippen LogP contribution in [0.5, 0.6) is 0 Å². The molecule has 0 amide bonds. The number of nitrogens with zero attached hydrogens (tertiary/aromatic N) is 3. The summed E-state index contributed by atoms with van der Waals surface area (Å²) in [5, 5.41) is 20.4. The molecule has 0 aliphatic heterocycles. The van der Waals surface area contributed by atoms with Crippen LogP contribution in [-0.2, 0) is 9.84 Å². The predicted molar refractivity (Wildman–Crippen MR) is 102 cm³/mol. The zero-order valence-corrected chi connectivity index (χ0v) is 15.5. The molecule has 3 aromatic rings. The molecule has 0 atom stereocenters. The number of benzene rings is 2. The lowest BCUT2D eigenvalue weighted by atomic mass is 10.2. The Hall–Kier alpha value is -3.29. The van der Waals surface area contributed by atoms with Gasteiger partial charge in [0.05, 0.1) is 20.9 Å². The summed E-state index contributed by atoms with van der Waals surface area (Å²) in [5.74, 6) is 0. The lowest BCUT2D eigenvalue weighted by molar-refractivity contribution is -0.384. The van der Waals surface area contributed by atoms with E-state index in [1.54, 1.807) is 18.2 Å². The molecule has 1 N–H and O–H groups in total. The number of imidazole rings is 1. The standard InChI is InChI=1S/C17H12N4O4S2/c1-11-2-5-13(6-3-11)27(24,25)14(9-18)10-20-16-8-12(21(22)23)4-7-15(16)19-17(20)26/h2-8,10H,1H3,(H,19,26)/b14-10-. The summed E-state index contributed by atoms with van der Waals surface area (Å²) >= 11 is 5.17. The molecule has 8 nitrogen and oxygen atoms in total. The highest BCUT2D eigenvalue weighted by Crippen LogP contribution is 2.24. The van der Waals surface area contributed by atoms with Crippen molar-refractivity contribution in [2.75, 3.05) is 0 Å². The Morgan fingerprint density at radius 3 is 2.56 bits per heavy atom. The molecule has 0 spiro atoms. The Bertz CT molecular complexity index is 1290. The van der Waals surface area contributed by atoms with Gasteiger partial charge in [-0.15, -0.1) is 0 Å². The minimum absolute atomic E-state index is 0.0294. The summed E-state index contributed by atoms with van der Waals surface area (Å²) in [6.07, 6.45) is 1.07. The highest BCUT2D eigenvalue weighted by molar-refractivity contribution is 7.95. The number of nitriles is 1. The molecular weight excluding hydrogens is 388 g/mol. The quantitative estimate of drug-likeness (QED) is 0.308. The van der Waals surface area contributed by atoms with Gasteiger partial charge in [0, 0.05) is 18.3 Å². The Morgan fingerprint density at radius 2 is 1.96 bits per heavy atom. The first-order valence-corrected chi connectivity index (χ1v) is 9.45. The highest BCUT2D eigenvalue weighted by atomic mass is 32.2. The van der Waals surface area contributed by atoms with E-state index in [9.17, 15) is 23.8 Å². The molecule has 1 aromatic heterocycles. The van der Waals surface area contributed by atoms with E-state index in [2.05, 4.69) is 4.98 Å². The molecule has 2 aromatic carbocycles. The van der Waals surface area contributed by atoms with Crippen LogP contribution in [0.15, 0.2) is 52.3 Å². The average Bonchev–Trinajstić information content (AvgIpc) is 2.94. The molecule has 0 saturated carbocycles. The number of non-ortho nitro benzene ring substituents is 1. The Labute approximate surface area is 159 Å². The number of H-pyrrole nitrogens is 1. The average molecular weight is 400 g/mol. The summed E-state index contributed by atoms with van der Waals surface area (Å²) in [7, 11) is -4.07. The van der Waals surface area contributed by atoms with Crippen molar-refractivity contribution in [3.05, 3.63) is 67.8 Å². The van der Waals surface area contributed by atoms with Crippen molar-refractivity contribution < 1.29 is 13.3 Å². The third-order valence-corrected chi connectivity index (χ3v) is 5.86. The Kier molecular flexibility index (Phi) is 4.65. The van der Waals surface area contributed by atoms with Gasteiger partial charge in [-0.25, -0.2) is 8.42 Å². The molecule has 0 fully saturated rings. The fourth-order valence-electron chi connectivity index (χ4n) is 2.47. The molecule has 1 heterocycles. The number of aromatic nitrogens is 2. The SMILES string of the molecule is Cc1ccc(S(=O)(=O)/C(C#N)=C\n2c(=S)[nH]c3ccc([N+](=O)[O-])cc32)cc1. The summed E-state index contributed by atoms with van der Waals surface area (Å²) in [5.41, 5.74) is 1.47. The summed E-state index contributed by atoms with van der Waals surface area (Å²) in [6, 6.07) is 11.8. The lowest BCUT2D eigenvalue weighted by Crippen LogP contribution is -2.05. The number of fused-ring (bicyclic) bond motifs is 1. The minimum atomic E-state index is -4.07. The number of aryl methyl sites for hydroxylation is 1. The van der Waals surface area contributed by atoms with Crippen LogP contribution in [0.2, 0.25) is 0 Å². The predicted octanol–water partition coefficient (Wildman–Crippen LogP) is 3.71. The minimum Gasteiger partial charge on any atom is -0.330 e. The van der Waals surface area contributed by atoms with E-state index in [0.717, 1.165) is 11.8 Å². The van der Waals surface area contributed by atoms with Crippen LogP contribution in [-0.4, -0.2) is 22.9 Å². The van der Waals surface area contributed by atoms with Crippen LogP contribution >= 0.6 is 12.2 Å². The molecule has 3 rings (SSSR count). The number of nitro groups is 1. The van der Waals surface area contributed by atoms with Gasteiger partial charge in [0.15, 0.2) is 9.68 Å². The van der Waals surface area contributed by atoms with Crippen molar-refractivity contribution in [1.29, 1.82) is 5.26 Å². The van der Waals surface area contributed by atoms with Gasteiger partial charge in [-0.1, -0.05) is 17.7 Å². The normalized spacial score (nSPS) is 12.1. The van der Waals surface area contributed by atoms with Crippen molar-refractivity contribution >= 4 is 45.0 Å². The van der Waals surface area contributed by atoms with E-state index >= 15 is 0 Å². The molecule has 0 aliphatic carbocycles. The number of sulfone groups is 1. The van der Waals surface area contributed by atoms with E-state index in [1.165, 1.54) is 34.9 Å². The third-order valence-electron chi connectivity index (χ3n) is 3.89. The molecule has 136 valence electrons. The van der Waals surface area contributed by atoms with Crippen molar-refractivity contribution in [3.8, 4) is 6.07 Å². The van der Waals surface area contributed by atoms with Crippen LogP contribution < -0.4 is 0 Å². The molecule has 0 radical (unpaired) electrons. The van der Waals surface area contributed by atoms with Crippen molar-refractivity contribution in [3.63, 3.8) is 0 Å². The van der Waals surface area contributed by atoms with Crippen molar-refractivity contribution in [2.24, 2.45) is 0 Å². The summed E-state index contributed by atoms with van der Waals surface area (Å²) in [6.45, 7) is 1.82. The van der Waals surface area contributed by atoms with E-state index in [0.29, 0.717) is 11.0 Å². The summed E-state index contributed by atoms with van der Waals surface area (Å²) in [4.78, 5) is 12.7. The zero-order chi connectivity index (χ0) is 19.8. The first-order chi connectivity index (χ1) is 12.7. The Balaban J connectivity index is 2.22. The van der Waals surface area contributed by atoms with Crippen LogP contribution in [0.1, 0.15) is 5.56 Å². The molecule has 10 heteroatoms. The number of nitrogens with one attached hydrogen (secondary N) is 1. The van der Waals surface area contributed by atoms with E-state index in [4.69, 9.17) is 12.2 Å². The third kappa shape index (κ3) is 3.38. The van der Waals surface area contributed by atoms with Crippen LogP contribution in [0.25, 0.3) is 17.2 Å². The zero-order valence-electron chi connectivity index (χ0n) is 13.9. The maximum absolute atomic E-state index is 12.8. The molecule has 0 saturated heterocycles. The van der Waals surface area contributed by atoms with Gasteiger partial charge in [-0.2, -0.15) is 5.26 Å². The number of aromatic amines is 1. The summed E-state index contributed by atoms with van der Waals surface area (Å²) < 4.78 is 26.9. The second-order valence-corrected chi connectivity index (χ2v) is 7.99. The first-order valence-electron chi connectivity index (χ1n) is 7.56. The van der Waals surface area contributed by atoms with Gasteiger partial charge in [0.1, 0.15) is 6.07 Å². The van der Waals surface area contributed by atoms with Gasteiger partial charge >= 0.3 is 0 Å². The maximum Gasteiger partial charge on any atom is 0.271 e. The number of allylic oxidation sites excluding steroid dienone is 1. The monoisotopic (exact) mass is 400 g/mol. The van der Waals surface area contributed by atoms with Crippen LogP contribution in [0.3, 0.4) is 0 Å². The number of hydrogen-bond acceptors (Lipinski definition) is 6. The number of rotatable bonds is 4. The molecular formula is C17H12N4O4S2. The molecule has 0 bridgehead atoms. The number of hydrogen-bond donors (Lipinski definition) is 1. The molecule has 27 heavy (non-hydrogen) atoms. The van der Waals surface area contributed by atoms with Gasteiger partial charge in [-0.3, -0.25) is 14.7 Å². The van der Waals surface area contributed by atoms with Crippen LogP contribution in [0, 0.1) is 33.1 Å². The van der Waals surface area contributed by atoms with E-state index in [1.807, 2.05) is 6.92 Å². The molecule has 0 aliphatic rings. The Morgan fingerprint density at radius 1 is 1.30 bits per heavy atom. The fourth-order valence-corrected chi connectivity index (χ4v) is 3.85. The van der Waals surface area contributed by atoms with Crippen molar-refractivity contribution in [2.45, 2.75) is 11.8 Å². The van der Waals surface area contributed by atoms with E-state index in [-0.39, 0.29) is 15.4 Å². The van der Waals surface area contributed by atoms with E-state index < -0.39 is 19.7 Å². The highest BCUT2D eigenvalue weighted by Gasteiger charge is 2.22. The van der Waals surface area contributed by atoms with Crippen LogP contribution in [0.4, 0.5) is 5.69 Å². The van der Waals surface area contributed by atoms with Gasteiger partial charge < -0.3 is 4.98 Å². The smallest absolute Gasteiger partial charge is 0.271 e. The first kappa shape index (κ1) is 18.5. The van der Waals surface area contributed by atoms with Crippen molar-refractivity contribution in [1.82, 2.24) is 9.55 Å². The largest absolute Gasteiger partial charge is 0.330 e. The fraction of sp³-hybridized carbons (Fsp3) is 0.0588. The van der Waals surface area contributed by atoms with Gasteiger partial charge in [0.25, 0.3) is 5.69 Å².